The normalized spacial score (nSPS) is 10.2. The lowest BCUT2D eigenvalue weighted by Gasteiger charge is -2.11. The second-order valence-electron chi connectivity index (χ2n) is 5.52. The summed E-state index contributed by atoms with van der Waals surface area (Å²) >= 11 is 0. The van der Waals surface area contributed by atoms with E-state index < -0.39 is 0 Å². The van der Waals surface area contributed by atoms with Crippen molar-refractivity contribution in [2.75, 3.05) is 20.3 Å². The van der Waals surface area contributed by atoms with Crippen LogP contribution < -0.4 is 14.8 Å². The summed E-state index contributed by atoms with van der Waals surface area (Å²) in [5.74, 6) is 1.42. The van der Waals surface area contributed by atoms with Crippen LogP contribution in [-0.4, -0.2) is 26.2 Å². The minimum atomic E-state index is -0.128. The number of rotatable bonds is 7. The molecule has 2 aromatic rings. The number of aryl methyl sites for hydroxylation is 2. The van der Waals surface area contributed by atoms with E-state index in [-0.39, 0.29) is 12.5 Å². The highest BCUT2D eigenvalue weighted by Gasteiger charge is 2.06. The summed E-state index contributed by atoms with van der Waals surface area (Å²) in [7, 11) is 1.65. The number of nitrogens with one attached hydrogen (secondary N) is 1. The lowest BCUT2D eigenvalue weighted by atomic mass is 10.1. The van der Waals surface area contributed by atoms with Crippen molar-refractivity contribution in [1.82, 2.24) is 5.32 Å². The molecule has 0 aliphatic rings. The third-order valence-electron chi connectivity index (χ3n) is 3.54. The van der Waals surface area contributed by atoms with Gasteiger partial charge in [-0.1, -0.05) is 35.4 Å². The zero-order valence-electron chi connectivity index (χ0n) is 13.9. The van der Waals surface area contributed by atoms with Crippen molar-refractivity contribution in [3.63, 3.8) is 0 Å². The molecule has 0 spiro atoms. The molecule has 0 atom stereocenters. The fraction of sp³-hybridized carbons (Fsp3) is 0.316. The smallest absolute Gasteiger partial charge is 0.257 e. The van der Waals surface area contributed by atoms with Crippen LogP contribution in [0.2, 0.25) is 0 Å². The average molecular weight is 313 g/mol. The van der Waals surface area contributed by atoms with Crippen LogP contribution in [0.25, 0.3) is 0 Å². The largest absolute Gasteiger partial charge is 0.496 e. The van der Waals surface area contributed by atoms with Crippen molar-refractivity contribution >= 4 is 5.91 Å². The Balaban J connectivity index is 1.76. The molecule has 0 saturated carbocycles. The number of carbonyl (C=O) groups excluding carboxylic acids is 1. The van der Waals surface area contributed by atoms with Gasteiger partial charge in [0.25, 0.3) is 5.91 Å². The van der Waals surface area contributed by atoms with E-state index in [9.17, 15) is 4.79 Å². The second-order valence-corrected chi connectivity index (χ2v) is 5.52. The number of ether oxygens (including phenoxy) is 2. The van der Waals surface area contributed by atoms with Crippen LogP contribution in [-0.2, 0) is 11.2 Å². The lowest BCUT2D eigenvalue weighted by molar-refractivity contribution is -0.123. The molecule has 2 rings (SSSR count). The molecule has 2 aromatic carbocycles. The van der Waals surface area contributed by atoms with E-state index in [2.05, 4.69) is 11.4 Å². The maximum Gasteiger partial charge on any atom is 0.257 e. The van der Waals surface area contributed by atoms with Crippen LogP contribution in [0.4, 0.5) is 0 Å². The molecule has 1 N–H and O–H groups in total. The SMILES string of the molecule is COc1ccc(C)cc1CCNC(=O)COc1ccc(C)cc1. The maximum atomic E-state index is 11.8. The Labute approximate surface area is 137 Å². The molecule has 0 heterocycles. The Hall–Kier alpha value is -2.49. The van der Waals surface area contributed by atoms with Crippen LogP contribution in [0, 0.1) is 13.8 Å². The topological polar surface area (TPSA) is 47.6 Å². The van der Waals surface area contributed by atoms with Gasteiger partial charge in [0, 0.05) is 6.54 Å². The molecule has 0 bridgehead atoms. The van der Waals surface area contributed by atoms with E-state index in [0.29, 0.717) is 12.3 Å². The summed E-state index contributed by atoms with van der Waals surface area (Å²) in [5.41, 5.74) is 3.43. The minimum Gasteiger partial charge on any atom is -0.496 e. The molecule has 0 radical (unpaired) electrons. The summed E-state index contributed by atoms with van der Waals surface area (Å²) < 4.78 is 10.8. The highest BCUT2D eigenvalue weighted by atomic mass is 16.5. The minimum absolute atomic E-state index is 0.0218. The third kappa shape index (κ3) is 5.33. The molecule has 0 aromatic heterocycles. The van der Waals surface area contributed by atoms with E-state index >= 15 is 0 Å². The Morgan fingerprint density at radius 2 is 1.74 bits per heavy atom. The summed E-state index contributed by atoms with van der Waals surface area (Å²) in [6.45, 7) is 4.62. The van der Waals surface area contributed by atoms with Crippen LogP contribution >= 0.6 is 0 Å². The molecular weight excluding hydrogens is 290 g/mol. The fourth-order valence-electron chi connectivity index (χ4n) is 2.27. The number of hydrogen-bond donors (Lipinski definition) is 1. The molecule has 0 aliphatic carbocycles. The molecule has 23 heavy (non-hydrogen) atoms. The van der Waals surface area contributed by atoms with Crippen molar-refractivity contribution in [2.45, 2.75) is 20.3 Å². The Morgan fingerprint density at radius 1 is 1.04 bits per heavy atom. The van der Waals surface area contributed by atoms with E-state index in [0.717, 1.165) is 23.3 Å². The third-order valence-corrected chi connectivity index (χ3v) is 3.54. The summed E-state index contributed by atoms with van der Waals surface area (Å²) in [6, 6.07) is 13.7. The first-order chi connectivity index (χ1) is 11.1. The van der Waals surface area contributed by atoms with Gasteiger partial charge >= 0.3 is 0 Å². The number of methoxy groups -OCH3 is 1. The quantitative estimate of drug-likeness (QED) is 0.854. The average Bonchev–Trinajstić information content (AvgIpc) is 2.54. The van der Waals surface area contributed by atoms with E-state index in [4.69, 9.17) is 9.47 Å². The van der Waals surface area contributed by atoms with Crippen molar-refractivity contribution in [2.24, 2.45) is 0 Å². The first-order valence-corrected chi connectivity index (χ1v) is 7.68. The number of carbonyl (C=O) groups is 1. The van der Waals surface area contributed by atoms with Gasteiger partial charge in [0.2, 0.25) is 0 Å². The van der Waals surface area contributed by atoms with E-state index in [1.54, 1.807) is 7.11 Å². The van der Waals surface area contributed by atoms with Gasteiger partial charge in [-0.25, -0.2) is 0 Å². The Morgan fingerprint density at radius 3 is 2.43 bits per heavy atom. The maximum absolute atomic E-state index is 11.8. The molecule has 4 heteroatoms. The molecule has 0 aliphatic heterocycles. The standard InChI is InChI=1S/C19H23NO3/c1-14-4-7-17(8-5-14)23-13-19(21)20-11-10-16-12-15(2)6-9-18(16)22-3/h4-9,12H,10-11,13H2,1-3H3,(H,20,21). The fourth-order valence-corrected chi connectivity index (χ4v) is 2.27. The highest BCUT2D eigenvalue weighted by molar-refractivity contribution is 5.77. The molecule has 4 nitrogen and oxygen atoms in total. The van der Waals surface area contributed by atoms with Crippen LogP contribution in [0.1, 0.15) is 16.7 Å². The lowest BCUT2D eigenvalue weighted by Crippen LogP contribution is -2.30. The second kappa shape index (κ2) is 8.22. The zero-order valence-corrected chi connectivity index (χ0v) is 13.9. The first-order valence-electron chi connectivity index (χ1n) is 7.68. The van der Waals surface area contributed by atoms with Crippen LogP contribution in [0.15, 0.2) is 42.5 Å². The van der Waals surface area contributed by atoms with Crippen molar-refractivity contribution in [3.8, 4) is 11.5 Å². The molecule has 1 amide bonds. The summed E-state index contributed by atoms with van der Waals surface area (Å²) in [4.78, 5) is 11.8. The number of benzene rings is 2. The van der Waals surface area contributed by atoms with Crippen LogP contribution in [0.5, 0.6) is 11.5 Å². The predicted octanol–water partition coefficient (Wildman–Crippen LogP) is 3.05. The van der Waals surface area contributed by atoms with Crippen molar-refractivity contribution in [1.29, 1.82) is 0 Å². The highest BCUT2D eigenvalue weighted by Crippen LogP contribution is 2.19. The Kier molecular flexibility index (Phi) is 6.03. The zero-order chi connectivity index (χ0) is 16.7. The van der Waals surface area contributed by atoms with E-state index in [1.165, 1.54) is 5.56 Å². The molecule has 122 valence electrons. The predicted molar refractivity (Wildman–Crippen MR) is 91.1 cm³/mol. The molecule has 0 unspecified atom stereocenters. The number of hydrogen-bond acceptors (Lipinski definition) is 3. The summed E-state index contributed by atoms with van der Waals surface area (Å²) in [6.07, 6.45) is 0.723. The first kappa shape index (κ1) is 16.9. The number of amides is 1. The molecule has 0 saturated heterocycles. The van der Waals surface area contributed by atoms with Gasteiger partial charge in [0.15, 0.2) is 6.61 Å². The van der Waals surface area contributed by atoms with Crippen molar-refractivity contribution < 1.29 is 14.3 Å². The van der Waals surface area contributed by atoms with Crippen LogP contribution in [0.3, 0.4) is 0 Å². The Bertz CT molecular complexity index is 650. The van der Waals surface area contributed by atoms with Gasteiger partial charge in [-0.15, -0.1) is 0 Å². The van der Waals surface area contributed by atoms with Gasteiger partial charge < -0.3 is 14.8 Å². The van der Waals surface area contributed by atoms with E-state index in [1.807, 2.05) is 50.2 Å². The monoisotopic (exact) mass is 313 g/mol. The van der Waals surface area contributed by atoms with Crippen molar-refractivity contribution in [3.05, 3.63) is 59.2 Å². The summed E-state index contributed by atoms with van der Waals surface area (Å²) in [5, 5.41) is 2.86. The molecular formula is C19H23NO3. The van der Waals surface area contributed by atoms with Gasteiger partial charge in [-0.2, -0.15) is 0 Å². The molecule has 0 fully saturated rings. The van der Waals surface area contributed by atoms with Gasteiger partial charge in [-0.05, 0) is 44.0 Å². The van der Waals surface area contributed by atoms with Gasteiger partial charge in [0.1, 0.15) is 11.5 Å². The van der Waals surface area contributed by atoms with Gasteiger partial charge in [-0.3, -0.25) is 4.79 Å². The van der Waals surface area contributed by atoms with Gasteiger partial charge in [0.05, 0.1) is 7.11 Å².